The average molecular weight is 289 g/mol. The van der Waals surface area contributed by atoms with Crippen LogP contribution in [-0.2, 0) is 0 Å². The first-order valence-electron chi connectivity index (χ1n) is 7.45. The van der Waals surface area contributed by atoms with Gasteiger partial charge in [0, 0.05) is 24.7 Å². The largest absolute Gasteiger partial charge is 0.347 e. The second-order valence-electron chi connectivity index (χ2n) is 5.74. The molecule has 1 aromatic carbocycles. The molecule has 3 rings (SSSR count). The van der Waals surface area contributed by atoms with Crippen LogP contribution in [0.25, 0.3) is 0 Å². The molecule has 2 aliphatic heterocycles. The lowest BCUT2D eigenvalue weighted by molar-refractivity contribution is -0.385. The van der Waals surface area contributed by atoms with Crippen molar-refractivity contribution in [3.63, 3.8) is 0 Å². The zero-order valence-electron chi connectivity index (χ0n) is 11.8. The fourth-order valence-corrected chi connectivity index (χ4v) is 3.49. The van der Waals surface area contributed by atoms with Crippen molar-refractivity contribution in [2.45, 2.75) is 37.8 Å². The van der Waals surface area contributed by atoms with E-state index in [4.69, 9.17) is 0 Å². The second-order valence-corrected chi connectivity index (χ2v) is 5.74. The van der Waals surface area contributed by atoms with Crippen LogP contribution in [0, 0.1) is 10.1 Å². The second kappa shape index (κ2) is 5.81. The molecule has 2 aliphatic rings. The maximum atomic E-state index is 12.4. The van der Waals surface area contributed by atoms with Crippen molar-refractivity contribution in [2.24, 2.45) is 0 Å². The van der Waals surface area contributed by atoms with Crippen LogP contribution in [-0.4, -0.2) is 40.9 Å². The third-order valence-electron chi connectivity index (χ3n) is 4.52. The highest BCUT2D eigenvalue weighted by atomic mass is 16.6. The van der Waals surface area contributed by atoms with Crippen molar-refractivity contribution < 1.29 is 9.72 Å². The van der Waals surface area contributed by atoms with Gasteiger partial charge in [-0.25, -0.2) is 0 Å². The molecule has 0 spiro atoms. The number of piperidine rings is 1. The summed E-state index contributed by atoms with van der Waals surface area (Å²) in [5, 5.41) is 14.0. The normalized spacial score (nSPS) is 25.3. The van der Waals surface area contributed by atoms with Crippen LogP contribution in [0.5, 0.6) is 0 Å². The number of nitro groups is 1. The molecule has 1 N–H and O–H groups in total. The van der Waals surface area contributed by atoms with Gasteiger partial charge in [0.1, 0.15) is 5.56 Å². The zero-order chi connectivity index (χ0) is 14.8. The Balaban J connectivity index is 1.73. The van der Waals surface area contributed by atoms with Crippen LogP contribution in [0.3, 0.4) is 0 Å². The first-order chi connectivity index (χ1) is 10.2. The lowest BCUT2D eigenvalue weighted by atomic mass is 9.98. The van der Waals surface area contributed by atoms with E-state index >= 15 is 0 Å². The number of benzene rings is 1. The molecule has 0 saturated carbocycles. The summed E-state index contributed by atoms with van der Waals surface area (Å²) < 4.78 is 0. The minimum Gasteiger partial charge on any atom is -0.347 e. The Morgan fingerprint density at radius 3 is 2.86 bits per heavy atom. The average Bonchev–Trinajstić information content (AvgIpc) is 2.90. The molecule has 0 radical (unpaired) electrons. The quantitative estimate of drug-likeness (QED) is 0.681. The summed E-state index contributed by atoms with van der Waals surface area (Å²) in [5.41, 5.74) is 0.0188. The standard InChI is InChI=1S/C15H19N3O3/c19-15(11-5-1-2-6-13(11)18(20)21)16-12-8-10-17-9-4-3-7-14(12)17/h1-2,5-6,12,14H,3-4,7-10H2,(H,16,19). The molecule has 21 heavy (non-hydrogen) atoms. The number of carbonyl (C=O) groups is 1. The zero-order valence-corrected chi connectivity index (χ0v) is 11.8. The smallest absolute Gasteiger partial charge is 0.282 e. The van der Waals surface area contributed by atoms with E-state index in [-0.39, 0.29) is 23.2 Å². The maximum absolute atomic E-state index is 12.4. The number of nitro benzene ring substituents is 1. The number of nitrogens with one attached hydrogen (secondary N) is 1. The summed E-state index contributed by atoms with van der Waals surface area (Å²) in [6.07, 6.45) is 4.44. The molecule has 0 bridgehead atoms. The highest BCUT2D eigenvalue weighted by Crippen LogP contribution is 2.27. The molecule has 6 heteroatoms. The van der Waals surface area contributed by atoms with Gasteiger partial charge in [0.05, 0.1) is 4.92 Å². The first-order valence-corrected chi connectivity index (χ1v) is 7.45. The molecule has 2 saturated heterocycles. The number of para-hydroxylation sites is 1. The molecule has 0 aliphatic carbocycles. The molecule has 6 nitrogen and oxygen atoms in total. The van der Waals surface area contributed by atoms with Crippen LogP contribution in [0.15, 0.2) is 24.3 Å². The van der Waals surface area contributed by atoms with Gasteiger partial charge in [-0.1, -0.05) is 18.6 Å². The molecule has 112 valence electrons. The van der Waals surface area contributed by atoms with Gasteiger partial charge in [-0.3, -0.25) is 19.8 Å². The van der Waals surface area contributed by atoms with Gasteiger partial charge in [0.15, 0.2) is 0 Å². The van der Waals surface area contributed by atoms with E-state index in [0.717, 1.165) is 25.9 Å². The Kier molecular flexibility index (Phi) is 3.88. The van der Waals surface area contributed by atoms with Gasteiger partial charge < -0.3 is 5.32 Å². The topological polar surface area (TPSA) is 75.5 Å². The number of nitrogens with zero attached hydrogens (tertiary/aromatic N) is 2. The Morgan fingerprint density at radius 2 is 2.05 bits per heavy atom. The molecule has 1 amide bonds. The Labute approximate surface area is 123 Å². The van der Waals surface area contributed by atoms with Crippen molar-refractivity contribution in [1.29, 1.82) is 0 Å². The predicted molar refractivity (Wildman–Crippen MR) is 78.2 cm³/mol. The number of hydrogen-bond donors (Lipinski definition) is 1. The van der Waals surface area contributed by atoms with E-state index in [1.54, 1.807) is 12.1 Å². The number of hydrogen-bond acceptors (Lipinski definition) is 4. The molecular formula is C15H19N3O3. The summed E-state index contributed by atoms with van der Waals surface area (Å²) in [4.78, 5) is 25.3. The minimum atomic E-state index is -0.503. The Bertz CT molecular complexity index is 561. The molecule has 2 fully saturated rings. The van der Waals surface area contributed by atoms with E-state index in [0.29, 0.717) is 6.04 Å². The summed E-state index contributed by atoms with van der Waals surface area (Å²) in [6, 6.07) is 6.62. The Hall–Kier alpha value is -1.95. The highest BCUT2D eigenvalue weighted by molar-refractivity contribution is 5.98. The van der Waals surface area contributed by atoms with E-state index in [1.807, 2.05) is 0 Å². The van der Waals surface area contributed by atoms with Gasteiger partial charge in [-0.2, -0.15) is 0 Å². The number of rotatable bonds is 3. The molecule has 0 aromatic heterocycles. The maximum Gasteiger partial charge on any atom is 0.282 e. The Morgan fingerprint density at radius 1 is 1.24 bits per heavy atom. The first kappa shape index (κ1) is 14.0. The molecule has 2 atom stereocenters. The number of fused-ring (bicyclic) bond motifs is 1. The van der Waals surface area contributed by atoms with E-state index in [2.05, 4.69) is 10.2 Å². The van der Waals surface area contributed by atoms with Gasteiger partial charge in [0.2, 0.25) is 0 Å². The fraction of sp³-hybridized carbons (Fsp3) is 0.533. The number of carbonyl (C=O) groups excluding carboxylic acids is 1. The summed E-state index contributed by atoms with van der Waals surface area (Å²) in [7, 11) is 0. The van der Waals surface area contributed by atoms with Gasteiger partial charge >= 0.3 is 0 Å². The summed E-state index contributed by atoms with van der Waals surface area (Å²) >= 11 is 0. The van der Waals surface area contributed by atoms with Crippen LogP contribution >= 0.6 is 0 Å². The monoisotopic (exact) mass is 289 g/mol. The van der Waals surface area contributed by atoms with Crippen LogP contribution < -0.4 is 5.32 Å². The van der Waals surface area contributed by atoms with Crippen molar-refractivity contribution >= 4 is 11.6 Å². The minimum absolute atomic E-state index is 0.109. The van der Waals surface area contributed by atoms with Gasteiger partial charge in [-0.15, -0.1) is 0 Å². The third kappa shape index (κ3) is 2.76. The van der Waals surface area contributed by atoms with E-state index in [9.17, 15) is 14.9 Å². The fourth-order valence-electron chi connectivity index (χ4n) is 3.49. The predicted octanol–water partition coefficient (Wildman–Crippen LogP) is 1.95. The molecule has 2 heterocycles. The molecule has 1 aromatic rings. The molecule has 2 unspecified atom stereocenters. The van der Waals surface area contributed by atoms with E-state index < -0.39 is 4.92 Å². The van der Waals surface area contributed by atoms with E-state index in [1.165, 1.54) is 25.0 Å². The lowest BCUT2D eigenvalue weighted by Gasteiger charge is -2.32. The van der Waals surface area contributed by atoms with Crippen LogP contribution in [0.4, 0.5) is 5.69 Å². The summed E-state index contributed by atoms with van der Waals surface area (Å²) in [6.45, 7) is 2.11. The van der Waals surface area contributed by atoms with Crippen molar-refractivity contribution in [3.05, 3.63) is 39.9 Å². The van der Waals surface area contributed by atoms with Crippen molar-refractivity contribution in [2.75, 3.05) is 13.1 Å². The molecular weight excluding hydrogens is 270 g/mol. The van der Waals surface area contributed by atoms with Gasteiger partial charge in [0.25, 0.3) is 11.6 Å². The lowest BCUT2D eigenvalue weighted by Crippen LogP contribution is -2.46. The highest BCUT2D eigenvalue weighted by Gasteiger charge is 2.36. The van der Waals surface area contributed by atoms with Gasteiger partial charge in [-0.05, 0) is 31.9 Å². The summed E-state index contributed by atoms with van der Waals surface area (Å²) in [5.74, 6) is -0.334. The SMILES string of the molecule is O=C(NC1CCN2CCCCC12)c1ccccc1[N+](=O)[O-]. The van der Waals surface area contributed by atoms with Crippen molar-refractivity contribution in [1.82, 2.24) is 10.2 Å². The third-order valence-corrected chi connectivity index (χ3v) is 4.52. The van der Waals surface area contributed by atoms with Crippen LogP contribution in [0.1, 0.15) is 36.0 Å². The number of amides is 1. The van der Waals surface area contributed by atoms with Crippen molar-refractivity contribution in [3.8, 4) is 0 Å². The van der Waals surface area contributed by atoms with Crippen LogP contribution in [0.2, 0.25) is 0 Å².